The number of rotatable bonds is 10. The maximum atomic E-state index is 9.92. The van der Waals surface area contributed by atoms with E-state index >= 15 is 0 Å². The van der Waals surface area contributed by atoms with Crippen LogP contribution in [0.3, 0.4) is 0 Å². The second-order valence-electron chi connectivity index (χ2n) is 6.23. The Kier molecular flexibility index (Phi) is 9.90. The molecule has 0 saturated heterocycles. The first-order valence-corrected chi connectivity index (χ1v) is 9.44. The number of aliphatic hydroxyl groups is 1. The third kappa shape index (κ3) is 8.61. The van der Waals surface area contributed by atoms with Gasteiger partial charge in [-0.25, -0.2) is 4.98 Å². The molecular formula is C17H32N4O2S. The summed E-state index contributed by atoms with van der Waals surface area (Å²) >= 11 is 1.74. The molecule has 1 atom stereocenters. The molecule has 24 heavy (non-hydrogen) atoms. The van der Waals surface area contributed by atoms with Crippen LogP contribution in [0.25, 0.3) is 0 Å². The molecule has 0 radical (unpaired) electrons. The first-order chi connectivity index (χ1) is 11.4. The number of hydrogen-bond acceptors (Lipinski definition) is 5. The number of ether oxygens (including phenoxy) is 1. The van der Waals surface area contributed by atoms with Gasteiger partial charge in [-0.05, 0) is 26.7 Å². The predicted molar refractivity (Wildman–Crippen MR) is 101 cm³/mol. The predicted octanol–water partition coefficient (Wildman–Crippen LogP) is 1.89. The van der Waals surface area contributed by atoms with Gasteiger partial charge in [-0.2, -0.15) is 0 Å². The highest BCUT2D eigenvalue weighted by Gasteiger charge is 2.07. The number of aliphatic imine (C=N–C) groups is 1. The molecule has 0 aromatic carbocycles. The average molecular weight is 357 g/mol. The lowest BCUT2D eigenvalue weighted by atomic mass is 10.2. The number of hydrogen-bond donors (Lipinski definition) is 3. The highest BCUT2D eigenvalue weighted by molar-refractivity contribution is 7.11. The molecule has 0 bridgehead atoms. The zero-order valence-corrected chi connectivity index (χ0v) is 16.4. The van der Waals surface area contributed by atoms with Crippen molar-refractivity contribution in [2.24, 2.45) is 10.9 Å². The Bertz CT molecular complexity index is 483. The topological polar surface area (TPSA) is 78.8 Å². The van der Waals surface area contributed by atoms with Crippen molar-refractivity contribution < 1.29 is 9.84 Å². The van der Waals surface area contributed by atoms with Crippen LogP contribution in [0.15, 0.2) is 4.99 Å². The van der Waals surface area contributed by atoms with E-state index in [9.17, 15) is 5.11 Å². The van der Waals surface area contributed by atoms with Crippen molar-refractivity contribution in [1.29, 1.82) is 0 Å². The molecule has 1 aromatic heterocycles. The highest BCUT2D eigenvalue weighted by atomic mass is 32.1. The Hall–Kier alpha value is -1.18. The summed E-state index contributed by atoms with van der Waals surface area (Å²) < 4.78 is 5.43. The van der Waals surface area contributed by atoms with Gasteiger partial charge in [0, 0.05) is 31.0 Å². The molecule has 0 aliphatic rings. The number of aromatic nitrogens is 1. The van der Waals surface area contributed by atoms with Crippen LogP contribution in [0.1, 0.15) is 36.3 Å². The smallest absolute Gasteiger partial charge is 0.191 e. The minimum atomic E-state index is -0.580. The van der Waals surface area contributed by atoms with Gasteiger partial charge in [-0.15, -0.1) is 11.3 Å². The zero-order valence-electron chi connectivity index (χ0n) is 15.6. The molecule has 138 valence electrons. The zero-order chi connectivity index (χ0) is 17.9. The quantitative estimate of drug-likeness (QED) is 0.441. The summed E-state index contributed by atoms with van der Waals surface area (Å²) in [5.41, 5.74) is 1.11. The fourth-order valence-electron chi connectivity index (χ4n) is 1.96. The Morgan fingerprint density at radius 2 is 2.04 bits per heavy atom. The monoisotopic (exact) mass is 356 g/mol. The van der Waals surface area contributed by atoms with Crippen molar-refractivity contribution in [2.45, 2.75) is 47.1 Å². The summed E-state index contributed by atoms with van der Waals surface area (Å²) in [6, 6.07) is 0. The first kappa shape index (κ1) is 20.9. The van der Waals surface area contributed by atoms with Gasteiger partial charge < -0.3 is 20.5 Å². The van der Waals surface area contributed by atoms with E-state index in [-0.39, 0.29) is 0 Å². The van der Waals surface area contributed by atoms with Crippen LogP contribution in [0.2, 0.25) is 0 Å². The van der Waals surface area contributed by atoms with E-state index in [2.05, 4.69) is 41.4 Å². The van der Waals surface area contributed by atoms with Gasteiger partial charge in [0.1, 0.15) is 0 Å². The van der Waals surface area contributed by atoms with Crippen molar-refractivity contribution in [3.05, 3.63) is 15.6 Å². The van der Waals surface area contributed by atoms with Gasteiger partial charge in [-0.1, -0.05) is 13.8 Å². The average Bonchev–Trinajstić information content (AvgIpc) is 2.83. The van der Waals surface area contributed by atoms with Crippen LogP contribution < -0.4 is 10.6 Å². The number of thiazole rings is 1. The lowest BCUT2D eigenvalue weighted by Crippen LogP contribution is -2.39. The van der Waals surface area contributed by atoms with Crippen LogP contribution in [0.5, 0.6) is 0 Å². The van der Waals surface area contributed by atoms with E-state index in [1.807, 2.05) is 13.8 Å². The van der Waals surface area contributed by atoms with Crippen LogP contribution in [0.4, 0.5) is 0 Å². The van der Waals surface area contributed by atoms with E-state index in [1.165, 1.54) is 4.88 Å². The van der Waals surface area contributed by atoms with Gasteiger partial charge in [0.05, 0.1) is 30.0 Å². The van der Waals surface area contributed by atoms with Crippen LogP contribution in [-0.2, 0) is 11.2 Å². The van der Waals surface area contributed by atoms with Gasteiger partial charge in [0.2, 0.25) is 0 Å². The molecule has 0 aliphatic carbocycles. The molecule has 7 heteroatoms. The number of aryl methyl sites for hydroxylation is 2. The Balaban J connectivity index is 2.36. The van der Waals surface area contributed by atoms with E-state index in [0.717, 1.165) is 30.2 Å². The van der Waals surface area contributed by atoms with Crippen molar-refractivity contribution in [1.82, 2.24) is 15.6 Å². The van der Waals surface area contributed by atoms with Crippen molar-refractivity contribution in [3.8, 4) is 0 Å². The molecule has 0 fully saturated rings. The Labute approximate surface area is 149 Å². The first-order valence-electron chi connectivity index (χ1n) is 8.63. The molecule has 0 aliphatic heterocycles. The Morgan fingerprint density at radius 1 is 1.29 bits per heavy atom. The molecule has 3 N–H and O–H groups in total. The van der Waals surface area contributed by atoms with Gasteiger partial charge in [0.15, 0.2) is 5.96 Å². The summed E-state index contributed by atoms with van der Waals surface area (Å²) in [5, 5.41) is 17.5. The Morgan fingerprint density at radius 3 is 2.62 bits per heavy atom. The summed E-state index contributed by atoms with van der Waals surface area (Å²) in [6.07, 6.45) is 0.285. The molecule has 1 aromatic rings. The van der Waals surface area contributed by atoms with Crippen molar-refractivity contribution in [3.63, 3.8) is 0 Å². The summed E-state index contributed by atoms with van der Waals surface area (Å²) in [4.78, 5) is 10.2. The number of guanidine groups is 1. The maximum absolute atomic E-state index is 9.92. The second kappa shape index (κ2) is 11.4. The molecule has 1 rings (SSSR count). The van der Waals surface area contributed by atoms with Crippen LogP contribution >= 0.6 is 11.3 Å². The molecular weight excluding hydrogens is 324 g/mol. The lowest BCUT2D eigenvalue weighted by molar-refractivity contribution is 0.0301. The third-order valence-corrected chi connectivity index (χ3v) is 4.40. The van der Waals surface area contributed by atoms with E-state index < -0.39 is 6.10 Å². The molecule has 6 nitrogen and oxygen atoms in total. The number of aliphatic hydroxyl groups excluding tert-OH is 1. The minimum absolute atomic E-state index is 0.318. The fourth-order valence-corrected chi connectivity index (χ4v) is 2.90. The van der Waals surface area contributed by atoms with Gasteiger partial charge in [-0.3, -0.25) is 4.99 Å². The third-order valence-electron chi connectivity index (χ3n) is 3.27. The van der Waals surface area contributed by atoms with E-state index in [1.54, 1.807) is 11.3 Å². The van der Waals surface area contributed by atoms with Crippen LogP contribution in [-0.4, -0.2) is 55.0 Å². The number of nitrogens with zero attached hydrogens (tertiary/aromatic N) is 2. The lowest BCUT2D eigenvalue weighted by Gasteiger charge is -2.13. The molecule has 0 spiro atoms. The molecule has 1 unspecified atom stereocenters. The summed E-state index contributed by atoms with van der Waals surface area (Å²) in [5.74, 6) is 1.18. The fraction of sp³-hybridized carbons (Fsp3) is 0.765. The SMILES string of the molecule is CCNC(=NCC(O)COCC(C)C)NCCc1nc(C)c(C)s1. The normalized spacial score (nSPS) is 13.4. The molecule has 1 heterocycles. The second-order valence-corrected chi connectivity index (χ2v) is 7.52. The maximum Gasteiger partial charge on any atom is 0.191 e. The van der Waals surface area contributed by atoms with E-state index in [0.29, 0.717) is 31.6 Å². The molecule has 0 amide bonds. The number of nitrogens with one attached hydrogen (secondary N) is 2. The van der Waals surface area contributed by atoms with Crippen molar-refractivity contribution >= 4 is 17.3 Å². The van der Waals surface area contributed by atoms with Gasteiger partial charge >= 0.3 is 0 Å². The molecule has 0 saturated carbocycles. The summed E-state index contributed by atoms with van der Waals surface area (Å²) in [6.45, 7) is 13.2. The highest BCUT2D eigenvalue weighted by Crippen LogP contribution is 2.16. The summed E-state index contributed by atoms with van der Waals surface area (Å²) in [7, 11) is 0. The standard InChI is InChI=1S/C17H32N4O2S/c1-6-18-17(20-9-15(22)11-23-10-12(2)3)19-8-7-16-21-13(4)14(5)24-16/h12,15,22H,6-11H2,1-5H3,(H2,18,19,20). The van der Waals surface area contributed by atoms with E-state index in [4.69, 9.17) is 4.74 Å². The largest absolute Gasteiger partial charge is 0.389 e. The van der Waals surface area contributed by atoms with Crippen molar-refractivity contribution in [2.75, 3.05) is 32.8 Å². The minimum Gasteiger partial charge on any atom is -0.389 e. The van der Waals surface area contributed by atoms with Gasteiger partial charge in [0.25, 0.3) is 0 Å². The van der Waals surface area contributed by atoms with Crippen LogP contribution in [0, 0.1) is 19.8 Å².